The SMILES string of the molecule is C=C(CC)C(=O)OC(=O)CCCC. The molecule has 0 fully saturated rings. The monoisotopic (exact) mass is 184 g/mol. The van der Waals surface area contributed by atoms with Gasteiger partial charge in [0.2, 0.25) is 0 Å². The first-order valence-corrected chi connectivity index (χ1v) is 4.54. The molecule has 0 N–H and O–H groups in total. The van der Waals surface area contributed by atoms with Crippen LogP contribution in [0.5, 0.6) is 0 Å². The van der Waals surface area contributed by atoms with Gasteiger partial charge >= 0.3 is 11.9 Å². The van der Waals surface area contributed by atoms with Crippen LogP contribution in [0, 0.1) is 0 Å². The van der Waals surface area contributed by atoms with Gasteiger partial charge in [0.15, 0.2) is 0 Å². The maximum Gasteiger partial charge on any atom is 0.341 e. The first-order chi connectivity index (χ1) is 6.11. The zero-order valence-corrected chi connectivity index (χ0v) is 8.26. The van der Waals surface area contributed by atoms with Crippen LogP contribution in [0.1, 0.15) is 39.5 Å². The smallest absolute Gasteiger partial charge is 0.341 e. The molecule has 0 aliphatic rings. The van der Waals surface area contributed by atoms with Gasteiger partial charge < -0.3 is 4.74 Å². The van der Waals surface area contributed by atoms with Crippen molar-refractivity contribution in [1.82, 2.24) is 0 Å². The molecule has 3 nitrogen and oxygen atoms in total. The van der Waals surface area contributed by atoms with E-state index in [1.165, 1.54) is 0 Å². The zero-order valence-electron chi connectivity index (χ0n) is 8.26. The van der Waals surface area contributed by atoms with Crippen molar-refractivity contribution in [3.63, 3.8) is 0 Å². The molecule has 13 heavy (non-hydrogen) atoms. The lowest BCUT2D eigenvalue weighted by Gasteiger charge is -2.02. The van der Waals surface area contributed by atoms with Crippen LogP contribution in [0.15, 0.2) is 12.2 Å². The highest BCUT2D eigenvalue weighted by Crippen LogP contribution is 2.02. The van der Waals surface area contributed by atoms with Crippen molar-refractivity contribution in [2.75, 3.05) is 0 Å². The Labute approximate surface area is 78.8 Å². The molecule has 0 saturated heterocycles. The standard InChI is InChI=1S/C10H16O3/c1-4-6-7-9(11)13-10(12)8(3)5-2/h3-7H2,1-2H3. The molecule has 0 aliphatic carbocycles. The fourth-order valence-electron chi connectivity index (χ4n) is 0.692. The zero-order chi connectivity index (χ0) is 10.3. The fourth-order valence-corrected chi connectivity index (χ4v) is 0.692. The van der Waals surface area contributed by atoms with Gasteiger partial charge in [-0.15, -0.1) is 0 Å². The van der Waals surface area contributed by atoms with Crippen LogP contribution in [-0.4, -0.2) is 11.9 Å². The van der Waals surface area contributed by atoms with Crippen molar-refractivity contribution in [3.8, 4) is 0 Å². The van der Waals surface area contributed by atoms with E-state index in [0.29, 0.717) is 18.4 Å². The molecular formula is C10H16O3. The average Bonchev–Trinajstić information content (AvgIpc) is 2.13. The molecule has 0 aromatic heterocycles. The van der Waals surface area contributed by atoms with Crippen molar-refractivity contribution < 1.29 is 14.3 Å². The number of ether oxygens (including phenoxy) is 1. The summed E-state index contributed by atoms with van der Waals surface area (Å²) in [5, 5.41) is 0. The Kier molecular flexibility index (Phi) is 5.85. The predicted molar refractivity (Wildman–Crippen MR) is 50.1 cm³/mol. The Balaban J connectivity index is 3.78. The lowest BCUT2D eigenvalue weighted by Crippen LogP contribution is -2.13. The number of hydrogen-bond donors (Lipinski definition) is 0. The number of rotatable bonds is 5. The van der Waals surface area contributed by atoms with Crippen LogP contribution in [0.25, 0.3) is 0 Å². The first kappa shape index (κ1) is 11.9. The molecule has 0 spiro atoms. The van der Waals surface area contributed by atoms with Gasteiger partial charge in [-0.25, -0.2) is 4.79 Å². The molecule has 0 atom stereocenters. The molecule has 0 radical (unpaired) electrons. The van der Waals surface area contributed by atoms with Crippen LogP contribution < -0.4 is 0 Å². The summed E-state index contributed by atoms with van der Waals surface area (Å²) in [5.74, 6) is -1.05. The van der Waals surface area contributed by atoms with Crippen molar-refractivity contribution in [1.29, 1.82) is 0 Å². The minimum atomic E-state index is -0.594. The molecule has 3 heteroatoms. The van der Waals surface area contributed by atoms with Gasteiger partial charge in [0.1, 0.15) is 0 Å². The number of hydrogen-bond acceptors (Lipinski definition) is 3. The van der Waals surface area contributed by atoms with Crippen molar-refractivity contribution >= 4 is 11.9 Å². The fraction of sp³-hybridized carbons (Fsp3) is 0.600. The summed E-state index contributed by atoms with van der Waals surface area (Å²) in [6.45, 7) is 7.24. The average molecular weight is 184 g/mol. The third-order valence-corrected chi connectivity index (χ3v) is 1.66. The van der Waals surface area contributed by atoms with Gasteiger partial charge in [-0.1, -0.05) is 26.8 Å². The van der Waals surface area contributed by atoms with Crippen LogP contribution in [0.4, 0.5) is 0 Å². The maximum atomic E-state index is 11.0. The Hall–Kier alpha value is -1.12. The molecular weight excluding hydrogens is 168 g/mol. The Morgan fingerprint density at radius 3 is 2.38 bits per heavy atom. The van der Waals surface area contributed by atoms with Gasteiger partial charge in [0.05, 0.1) is 0 Å². The van der Waals surface area contributed by atoms with E-state index in [1.807, 2.05) is 6.92 Å². The summed E-state index contributed by atoms with van der Waals surface area (Å²) >= 11 is 0. The van der Waals surface area contributed by atoms with E-state index < -0.39 is 11.9 Å². The van der Waals surface area contributed by atoms with E-state index in [1.54, 1.807) is 6.92 Å². The Bertz CT molecular complexity index is 206. The summed E-state index contributed by atoms with van der Waals surface area (Å²) in [6.07, 6.45) is 2.49. The number of carbonyl (C=O) groups is 2. The minimum Gasteiger partial charge on any atom is -0.390 e. The van der Waals surface area contributed by atoms with Gasteiger partial charge in [-0.3, -0.25) is 4.79 Å². The number of carbonyl (C=O) groups excluding carboxylic acids is 2. The van der Waals surface area contributed by atoms with E-state index in [0.717, 1.165) is 12.8 Å². The topological polar surface area (TPSA) is 43.4 Å². The highest BCUT2D eigenvalue weighted by molar-refractivity contribution is 5.95. The van der Waals surface area contributed by atoms with Gasteiger partial charge in [0.25, 0.3) is 0 Å². The summed E-state index contributed by atoms with van der Waals surface area (Å²) in [7, 11) is 0. The maximum absolute atomic E-state index is 11.0. The molecule has 74 valence electrons. The summed E-state index contributed by atoms with van der Waals surface area (Å²) in [6, 6.07) is 0. The highest BCUT2D eigenvalue weighted by Gasteiger charge is 2.11. The quantitative estimate of drug-likeness (QED) is 0.374. The van der Waals surface area contributed by atoms with E-state index in [2.05, 4.69) is 11.3 Å². The van der Waals surface area contributed by atoms with E-state index in [4.69, 9.17) is 0 Å². The normalized spacial score (nSPS) is 9.38. The largest absolute Gasteiger partial charge is 0.390 e. The number of unbranched alkanes of at least 4 members (excludes halogenated alkanes) is 1. The first-order valence-electron chi connectivity index (χ1n) is 4.54. The van der Waals surface area contributed by atoms with Crippen molar-refractivity contribution in [2.24, 2.45) is 0 Å². The minimum absolute atomic E-state index is 0.305. The predicted octanol–water partition coefficient (Wildman–Crippen LogP) is 2.21. The third-order valence-electron chi connectivity index (χ3n) is 1.66. The molecule has 0 rings (SSSR count). The molecule has 0 aliphatic heterocycles. The van der Waals surface area contributed by atoms with Gasteiger partial charge in [0, 0.05) is 12.0 Å². The molecule has 0 unspecified atom stereocenters. The lowest BCUT2D eigenvalue weighted by molar-refractivity contribution is -0.157. The third kappa shape index (κ3) is 5.17. The van der Waals surface area contributed by atoms with Crippen molar-refractivity contribution in [3.05, 3.63) is 12.2 Å². The highest BCUT2D eigenvalue weighted by atomic mass is 16.6. The van der Waals surface area contributed by atoms with E-state index in [-0.39, 0.29) is 0 Å². The van der Waals surface area contributed by atoms with Crippen LogP contribution in [0.2, 0.25) is 0 Å². The van der Waals surface area contributed by atoms with Crippen LogP contribution in [0.3, 0.4) is 0 Å². The molecule has 0 bridgehead atoms. The molecule has 0 aromatic carbocycles. The van der Waals surface area contributed by atoms with Crippen LogP contribution in [-0.2, 0) is 14.3 Å². The molecule has 0 amide bonds. The summed E-state index contributed by atoms with van der Waals surface area (Å²) in [5.41, 5.74) is 0.338. The summed E-state index contributed by atoms with van der Waals surface area (Å²) in [4.78, 5) is 22.0. The summed E-state index contributed by atoms with van der Waals surface area (Å²) < 4.78 is 4.53. The second-order valence-corrected chi connectivity index (χ2v) is 2.82. The molecule has 0 heterocycles. The van der Waals surface area contributed by atoms with Crippen LogP contribution >= 0.6 is 0 Å². The molecule has 0 saturated carbocycles. The van der Waals surface area contributed by atoms with Gasteiger partial charge in [-0.05, 0) is 12.8 Å². The Morgan fingerprint density at radius 2 is 1.92 bits per heavy atom. The van der Waals surface area contributed by atoms with Crippen molar-refractivity contribution in [2.45, 2.75) is 39.5 Å². The lowest BCUT2D eigenvalue weighted by atomic mass is 10.2. The van der Waals surface area contributed by atoms with Gasteiger partial charge in [-0.2, -0.15) is 0 Å². The second-order valence-electron chi connectivity index (χ2n) is 2.82. The van der Waals surface area contributed by atoms with E-state index in [9.17, 15) is 9.59 Å². The Morgan fingerprint density at radius 1 is 1.31 bits per heavy atom. The number of esters is 2. The molecule has 0 aromatic rings. The van der Waals surface area contributed by atoms with E-state index >= 15 is 0 Å². The second kappa shape index (κ2) is 6.40.